The van der Waals surface area contributed by atoms with Crippen LogP contribution < -0.4 is 4.84 Å². The van der Waals surface area contributed by atoms with Crippen LogP contribution in [-0.4, -0.2) is 16.8 Å². The summed E-state index contributed by atoms with van der Waals surface area (Å²) in [5.41, 5.74) is 5.40. The lowest BCUT2D eigenvalue weighted by Crippen LogP contribution is -2.07. The van der Waals surface area contributed by atoms with Crippen LogP contribution in [0, 0.1) is 20.8 Å². The molecule has 0 aromatic carbocycles. The van der Waals surface area contributed by atoms with Crippen LogP contribution >= 0.6 is 0 Å². The van der Waals surface area contributed by atoms with Gasteiger partial charge in [0.05, 0.1) is 11.2 Å². The van der Waals surface area contributed by atoms with Gasteiger partial charge in [-0.05, 0) is 38.5 Å². The number of pyridine rings is 1. The summed E-state index contributed by atoms with van der Waals surface area (Å²) in [5.74, 6) is 0. The first kappa shape index (κ1) is 9.06. The fourth-order valence-corrected chi connectivity index (χ4v) is 1.73. The summed E-state index contributed by atoms with van der Waals surface area (Å²) in [6.07, 6.45) is 0. The maximum absolute atomic E-state index is 5.30. The van der Waals surface area contributed by atoms with Gasteiger partial charge in [0, 0.05) is 5.69 Å². The predicted octanol–water partition coefficient (Wildman–Crippen LogP) is 2.02. The molecule has 0 atom stereocenters. The molecule has 0 unspecified atom stereocenters. The lowest BCUT2D eigenvalue weighted by atomic mass is 10.2. The lowest BCUT2D eigenvalue weighted by molar-refractivity contribution is 0.173. The molecule has 0 aliphatic rings. The number of fused-ring (bicyclic) bond motifs is 1. The van der Waals surface area contributed by atoms with E-state index in [0.29, 0.717) is 0 Å². The monoisotopic (exact) mass is 190 g/mol. The third kappa shape index (κ3) is 1.09. The molecule has 0 fully saturated rings. The molecule has 3 nitrogen and oxygen atoms in total. The van der Waals surface area contributed by atoms with Crippen LogP contribution in [0.15, 0.2) is 12.1 Å². The summed E-state index contributed by atoms with van der Waals surface area (Å²) in [7, 11) is 1.67. The summed E-state index contributed by atoms with van der Waals surface area (Å²) < 4.78 is 1.82. The molecule has 74 valence electrons. The van der Waals surface area contributed by atoms with E-state index in [9.17, 15) is 0 Å². The zero-order chi connectivity index (χ0) is 10.3. The minimum Gasteiger partial charge on any atom is -0.417 e. The highest BCUT2D eigenvalue weighted by molar-refractivity contribution is 5.80. The van der Waals surface area contributed by atoms with E-state index in [1.165, 1.54) is 5.56 Å². The minimum absolute atomic E-state index is 1.03. The molecule has 0 aliphatic carbocycles. The zero-order valence-electron chi connectivity index (χ0n) is 8.96. The van der Waals surface area contributed by atoms with Crippen molar-refractivity contribution in [3.8, 4) is 0 Å². The normalized spacial score (nSPS) is 10.9. The molecule has 0 aliphatic heterocycles. The average molecular weight is 190 g/mol. The molecule has 2 heterocycles. The summed E-state index contributed by atoms with van der Waals surface area (Å²) in [5, 5.41) is 0. The Balaban J connectivity index is 2.88. The molecule has 2 aromatic rings. The topological polar surface area (TPSA) is 27.1 Å². The summed E-state index contributed by atoms with van der Waals surface area (Å²) in [6, 6.07) is 4.04. The van der Waals surface area contributed by atoms with Crippen molar-refractivity contribution < 1.29 is 4.84 Å². The third-order valence-electron chi connectivity index (χ3n) is 2.62. The molecule has 0 amide bonds. The van der Waals surface area contributed by atoms with Crippen LogP contribution in [0.5, 0.6) is 0 Å². The average Bonchev–Trinajstić information content (AvgIpc) is 2.41. The number of hydrogen-bond acceptors (Lipinski definition) is 2. The van der Waals surface area contributed by atoms with Gasteiger partial charge >= 0.3 is 0 Å². The highest BCUT2D eigenvalue weighted by Gasteiger charge is 2.11. The van der Waals surface area contributed by atoms with E-state index in [2.05, 4.69) is 11.9 Å². The van der Waals surface area contributed by atoms with Gasteiger partial charge in [0.1, 0.15) is 12.6 Å². The second kappa shape index (κ2) is 3.01. The fraction of sp³-hybridized carbons (Fsp3) is 0.364. The van der Waals surface area contributed by atoms with Crippen molar-refractivity contribution in [3.05, 3.63) is 29.1 Å². The minimum atomic E-state index is 1.03. The Hall–Kier alpha value is -1.51. The van der Waals surface area contributed by atoms with E-state index in [-0.39, 0.29) is 0 Å². The first-order valence-corrected chi connectivity index (χ1v) is 4.65. The van der Waals surface area contributed by atoms with Crippen LogP contribution in [0.25, 0.3) is 11.0 Å². The predicted molar refractivity (Wildman–Crippen MR) is 56.4 cm³/mol. The van der Waals surface area contributed by atoms with Crippen LogP contribution in [-0.2, 0) is 0 Å². The Morgan fingerprint density at radius 1 is 1.21 bits per heavy atom. The molecule has 0 N–H and O–H groups in total. The van der Waals surface area contributed by atoms with Crippen molar-refractivity contribution in [2.75, 3.05) is 7.11 Å². The van der Waals surface area contributed by atoms with Crippen LogP contribution in [0.4, 0.5) is 0 Å². The number of hydrogen-bond donors (Lipinski definition) is 0. The molecule has 0 radical (unpaired) electrons. The maximum atomic E-state index is 5.30. The molecule has 0 saturated heterocycles. The van der Waals surface area contributed by atoms with Gasteiger partial charge in [-0.3, -0.25) is 4.98 Å². The summed E-state index contributed by atoms with van der Waals surface area (Å²) >= 11 is 0. The Bertz CT molecular complexity index is 485. The second-order valence-electron chi connectivity index (χ2n) is 3.51. The van der Waals surface area contributed by atoms with Crippen molar-refractivity contribution in [2.24, 2.45) is 0 Å². The number of rotatable bonds is 1. The lowest BCUT2D eigenvalue weighted by Gasteiger charge is -2.04. The Morgan fingerprint density at radius 3 is 2.57 bits per heavy atom. The quantitative estimate of drug-likeness (QED) is 0.688. The largest absolute Gasteiger partial charge is 0.417 e. The standard InChI is InChI=1S/C11H14N2O/c1-7-5-6-10-11(12-7)8(2)9(3)13(10)14-4/h5-6H,1-4H3. The van der Waals surface area contributed by atoms with Crippen LogP contribution in [0.1, 0.15) is 17.0 Å². The Morgan fingerprint density at radius 2 is 1.93 bits per heavy atom. The van der Waals surface area contributed by atoms with Crippen molar-refractivity contribution >= 4 is 11.0 Å². The van der Waals surface area contributed by atoms with Gasteiger partial charge in [-0.15, -0.1) is 0 Å². The molecule has 0 saturated carbocycles. The molecule has 14 heavy (non-hydrogen) atoms. The Kier molecular flexibility index (Phi) is 1.95. The summed E-state index contributed by atoms with van der Waals surface area (Å²) in [6.45, 7) is 6.10. The number of aryl methyl sites for hydroxylation is 2. The molecular formula is C11H14N2O. The van der Waals surface area contributed by atoms with Gasteiger partial charge in [-0.1, -0.05) is 0 Å². The molecule has 3 heteroatoms. The molecule has 0 spiro atoms. The van der Waals surface area contributed by atoms with Gasteiger partial charge in [0.2, 0.25) is 0 Å². The van der Waals surface area contributed by atoms with Crippen molar-refractivity contribution in [1.82, 2.24) is 9.71 Å². The van der Waals surface area contributed by atoms with Crippen LogP contribution in [0.3, 0.4) is 0 Å². The smallest absolute Gasteiger partial charge is 0.106 e. The molecule has 0 bridgehead atoms. The highest BCUT2D eigenvalue weighted by atomic mass is 16.6. The first-order valence-electron chi connectivity index (χ1n) is 4.65. The van der Waals surface area contributed by atoms with E-state index in [4.69, 9.17) is 4.84 Å². The maximum Gasteiger partial charge on any atom is 0.106 e. The van der Waals surface area contributed by atoms with Crippen molar-refractivity contribution in [2.45, 2.75) is 20.8 Å². The van der Waals surface area contributed by atoms with Gasteiger partial charge in [-0.2, -0.15) is 4.73 Å². The summed E-state index contributed by atoms with van der Waals surface area (Å²) in [4.78, 5) is 9.80. The molecule has 2 rings (SSSR count). The number of nitrogens with zero attached hydrogens (tertiary/aromatic N) is 2. The number of aromatic nitrogens is 2. The Labute approximate surface area is 83.3 Å². The molecular weight excluding hydrogens is 176 g/mol. The van der Waals surface area contributed by atoms with Crippen LogP contribution in [0.2, 0.25) is 0 Å². The van der Waals surface area contributed by atoms with Gasteiger partial charge in [0.15, 0.2) is 0 Å². The van der Waals surface area contributed by atoms with E-state index in [1.807, 2.05) is 30.7 Å². The van der Waals surface area contributed by atoms with E-state index < -0.39 is 0 Å². The zero-order valence-corrected chi connectivity index (χ0v) is 8.96. The van der Waals surface area contributed by atoms with Gasteiger partial charge in [-0.25, -0.2) is 0 Å². The second-order valence-corrected chi connectivity index (χ2v) is 3.51. The van der Waals surface area contributed by atoms with Gasteiger partial charge < -0.3 is 4.84 Å². The van der Waals surface area contributed by atoms with E-state index in [0.717, 1.165) is 22.4 Å². The van der Waals surface area contributed by atoms with Crippen molar-refractivity contribution in [1.29, 1.82) is 0 Å². The highest BCUT2D eigenvalue weighted by Crippen LogP contribution is 2.22. The van der Waals surface area contributed by atoms with Crippen molar-refractivity contribution in [3.63, 3.8) is 0 Å². The first-order chi connectivity index (χ1) is 6.65. The van der Waals surface area contributed by atoms with E-state index in [1.54, 1.807) is 7.11 Å². The van der Waals surface area contributed by atoms with E-state index >= 15 is 0 Å². The van der Waals surface area contributed by atoms with Gasteiger partial charge in [0.25, 0.3) is 0 Å². The SMILES string of the molecule is COn1c(C)c(C)c2nc(C)ccc21. The molecule has 2 aromatic heterocycles. The third-order valence-corrected chi connectivity index (χ3v) is 2.62. The fourth-order valence-electron chi connectivity index (χ4n) is 1.73.